The molecule has 0 bridgehead atoms. The molecule has 2 aromatic rings. The number of hydrogen-bond donors (Lipinski definition) is 4. The first-order valence-corrected chi connectivity index (χ1v) is 11.7. The van der Waals surface area contributed by atoms with Gasteiger partial charge in [-0.3, -0.25) is 4.90 Å². The summed E-state index contributed by atoms with van der Waals surface area (Å²) in [5, 5.41) is 9.25. The van der Waals surface area contributed by atoms with Gasteiger partial charge in [-0.1, -0.05) is 6.07 Å². The zero-order valence-electron chi connectivity index (χ0n) is 20.0. The van der Waals surface area contributed by atoms with E-state index in [4.69, 9.17) is 0 Å². The quantitative estimate of drug-likeness (QED) is 0.529. The summed E-state index contributed by atoms with van der Waals surface area (Å²) < 4.78 is 14.6. The van der Waals surface area contributed by atoms with Gasteiger partial charge in [0.25, 0.3) is 0 Å². The third-order valence-electron chi connectivity index (χ3n) is 7.06. The molecule has 0 radical (unpaired) electrons. The number of rotatable bonds is 5. The molecule has 1 aromatic carbocycles. The number of urea groups is 1. The lowest BCUT2D eigenvalue weighted by molar-refractivity contribution is 0.0500. The Hall–Kier alpha value is -3.02. The molecule has 1 aromatic heterocycles. The second-order valence-corrected chi connectivity index (χ2v) is 10.00. The Labute approximate surface area is 198 Å². The molecule has 0 spiro atoms. The maximum atomic E-state index is 14.6. The number of hydrazine groups is 3. The highest BCUT2D eigenvalue weighted by molar-refractivity contribution is 5.93. The largest absolute Gasteiger partial charge is 0.365 e. The van der Waals surface area contributed by atoms with E-state index in [1.807, 2.05) is 25.1 Å². The fourth-order valence-electron chi connectivity index (χ4n) is 5.43. The Morgan fingerprint density at radius 1 is 1.26 bits per heavy atom. The number of aromatic nitrogens is 2. The van der Waals surface area contributed by atoms with E-state index in [-0.39, 0.29) is 29.4 Å². The Morgan fingerprint density at radius 2 is 2.09 bits per heavy atom. The van der Waals surface area contributed by atoms with Crippen LogP contribution in [0.5, 0.6) is 0 Å². The molecule has 0 unspecified atom stereocenters. The van der Waals surface area contributed by atoms with Crippen molar-refractivity contribution < 1.29 is 9.18 Å². The highest BCUT2D eigenvalue weighted by atomic mass is 19.1. The number of anilines is 4. The standard InChI is InChI=1S/C23H32FN9O/c1-14-7-8-15(11-19(14)33-22(34)31(4)29-30-33)27-21-25-13-18(24)20(28-21)26-16-10-17-6-5-9-32(17)23(2,3)12-16/h7-8,11,13,16-17,29-30H,5-6,9-10,12H2,1-4H3,(H2,25,26,27,28)/t16-,17+/m1/s1. The summed E-state index contributed by atoms with van der Waals surface area (Å²) >= 11 is 0. The zero-order valence-corrected chi connectivity index (χ0v) is 20.0. The molecular weight excluding hydrogens is 437 g/mol. The molecule has 4 N–H and O–H groups in total. The van der Waals surface area contributed by atoms with Crippen molar-refractivity contribution in [3.63, 3.8) is 0 Å². The Kier molecular flexibility index (Phi) is 5.78. The highest BCUT2D eigenvalue weighted by Crippen LogP contribution is 2.38. The maximum absolute atomic E-state index is 14.6. The van der Waals surface area contributed by atoms with Gasteiger partial charge in [-0.2, -0.15) is 4.98 Å². The molecule has 4 heterocycles. The Balaban J connectivity index is 1.33. The van der Waals surface area contributed by atoms with Crippen molar-refractivity contribution in [1.82, 2.24) is 30.9 Å². The predicted octanol–water partition coefficient (Wildman–Crippen LogP) is 3.28. The van der Waals surface area contributed by atoms with Crippen molar-refractivity contribution in [2.75, 3.05) is 29.2 Å². The number of aryl methyl sites for hydroxylation is 1. The molecule has 0 saturated carbocycles. The van der Waals surface area contributed by atoms with E-state index in [2.05, 4.69) is 50.4 Å². The number of amides is 2. The van der Waals surface area contributed by atoms with Gasteiger partial charge in [0.1, 0.15) is 0 Å². The molecular formula is C23H32FN9O. The van der Waals surface area contributed by atoms with Gasteiger partial charge in [0.15, 0.2) is 11.6 Å². The van der Waals surface area contributed by atoms with Crippen LogP contribution >= 0.6 is 0 Å². The number of halogens is 1. The van der Waals surface area contributed by atoms with Crippen molar-refractivity contribution in [2.45, 2.75) is 64.1 Å². The van der Waals surface area contributed by atoms with Crippen LogP contribution in [0.4, 0.5) is 32.3 Å². The van der Waals surface area contributed by atoms with Gasteiger partial charge in [-0.25, -0.2) is 24.2 Å². The van der Waals surface area contributed by atoms with Crippen LogP contribution in [-0.4, -0.2) is 57.1 Å². The van der Waals surface area contributed by atoms with Crippen LogP contribution in [-0.2, 0) is 0 Å². The molecule has 0 aliphatic carbocycles. The predicted molar refractivity (Wildman–Crippen MR) is 129 cm³/mol. The van der Waals surface area contributed by atoms with Gasteiger partial charge in [-0.05, 0) is 70.7 Å². The molecule has 5 rings (SSSR count). The van der Waals surface area contributed by atoms with Gasteiger partial charge in [0.2, 0.25) is 5.95 Å². The molecule has 34 heavy (non-hydrogen) atoms. The van der Waals surface area contributed by atoms with Gasteiger partial charge in [0, 0.05) is 30.4 Å². The number of benzene rings is 1. The normalized spacial score (nSPS) is 24.4. The fraction of sp³-hybridized carbons (Fsp3) is 0.522. The summed E-state index contributed by atoms with van der Waals surface area (Å²) in [5.41, 5.74) is 7.92. The van der Waals surface area contributed by atoms with E-state index >= 15 is 0 Å². The van der Waals surface area contributed by atoms with Crippen molar-refractivity contribution >= 4 is 29.2 Å². The van der Waals surface area contributed by atoms with Crippen LogP contribution in [0.3, 0.4) is 0 Å². The summed E-state index contributed by atoms with van der Waals surface area (Å²) in [4.78, 5) is 23.5. The molecule has 3 aliphatic rings. The summed E-state index contributed by atoms with van der Waals surface area (Å²) in [6, 6.07) is 6.03. The lowest BCUT2D eigenvalue weighted by atomic mass is 9.84. The monoisotopic (exact) mass is 469 g/mol. The minimum atomic E-state index is -0.470. The van der Waals surface area contributed by atoms with E-state index in [0.717, 1.165) is 24.9 Å². The van der Waals surface area contributed by atoms with Crippen molar-refractivity contribution in [2.24, 2.45) is 0 Å². The van der Waals surface area contributed by atoms with E-state index in [0.29, 0.717) is 17.4 Å². The smallest absolute Gasteiger partial charge is 0.355 e. The highest BCUT2D eigenvalue weighted by Gasteiger charge is 2.43. The van der Waals surface area contributed by atoms with Crippen LogP contribution in [0.2, 0.25) is 0 Å². The number of carbonyl (C=O) groups is 1. The number of nitrogens with zero attached hydrogens (tertiary/aromatic N) is 5. The topological polar surface area (TPSA) is 101 Å². The average molecular weight is 470 g/mol. The van der Waals surface area contributed by atoms with Crippen LogP contribution in [0.25, 0.3) is 0 Å². The van der Waals surface area contributed by atoms with Gasteiger partial charge in [-0.15, -0.1) is 11.1 Å². The maximum Gasteiger partial charge on any atom is 0.355 e. The number of fused-ring (bicyclic) bond motifs is 1. The van der Waals surface area contributed by atoms with Crippen molar-refractivity contribution in [3.05, 3.63) is 35.8 Å². The number of nitrogens with one attached hydrogen (secondary N) is 4. The van der Waals surface area contributed by atoms with Crippen LogP contribution in [0.1, 0.15) is 45.1 Å². The molecule has 10 nitrogen and oxygen atoms in total. The van der Waals surface area contributed by atoms with Crippen LogP contribution in [0, 0.1) is 12.7 Å². The van der Waals surface area contributed by atoms with Crippen molar-refractivity contribution in [1.29, 1.82) is 0 Å². The lowest BCUT2D eigenvalue weighted by Crippen LogP contribution is -2.55. The number of piperidine rings is 1. The van der Waals surface area contributed by atoms with E-state index < -0.39 is 5.82 Å². The number of carbonyl (C=O) groups excluding carboxylic acids is 1. The van der Waals surface area contributed by atoms with Crippen LogP contribution in [0.15, 0.2) is 24.4 Å². The molecule has 182 valence electrons. The van der Waals surface area contributed by atoms with E-state index in [1.165, 1.54) is 29.1 Å². The van der Waals surface area contributed by atoms with Gasteiger partial charge >= 0.3 is 6.03 Å². The Morgan fingerprint density at radius 3 is 2.85 bits per heavy atom. The van der Waals surface area contributed by atoms with Gasteiger partial charge < -0.3 is 10.6 Å². The van der Waals surface area contributed by atoms with Crippen LogP contribution < -0.4 is 26.7 Å². The summed E-state index contributed by atoms with van der Waals surface area (Å²) in [6.45, 7) is 7.60. The molecule has 11 heteroatoms. The fourth-order valence-corrected chi connectivity index (χ4v) is 5.43. The molecule has 3 fully saturated rings. The lowest BCUT2D eigenvalue weighted by Gasteiger charge is -2.47. The van der Waals surface area contributed by atoms with Gasteiger partial charge in [0.05, 0.1) is 11.9 Å². The second-order valence-electron chi connectivity index (χ2n) is 10.00. The summed E-state index contributed by atoms with van der Waals surface area (Å²) in [7, 11) is 1.63. The first kappa shape index (κ1) is 22.8. The first-order chi connectivity index (χ1) is 16.2. The molecule has 2 atom stereocenters. The molecule has 2 amide bonds. The third kappa shape index (κ3) is 4.26. The summed E-state index contributed by atoms with van der Waals surface area (Å²) in [6.07, 6.45) is 5.51. The molecule has 3 saturated heterocycles. The minimum absolute atomic E-state index is 0.0734. The molecule has 3 aliphatic heterocycles. The second kappa shape index (κ2) is 8.64. The van der Waals surface area contributed by atoms with E-state index in [9.17, 15) is 9.18 Å². The minimum Gasteiger partial charge on any atom is -0.365 e. The first-order valence-electron chi connectivity index (χ1n) is 11.7. The van der Waals surface area contributed by atoms with Crippen molar-refractivity contribution in [3.8, 4) is 0 Å². The average Bonchev–Trinajstić information content (AvgIpc) is 3.39. The SMILES string of the molecule is Cc1ccc(Nc2ncc(F)c(N[C@@H]3C[C@@H]4CCCN4C(C)(C)C3)n2)cc1N1NNN(C)C1=O. The Bertz CT molecular complexity index is 1090. The third-order valence-corrected chi connectivity index (χ3v) is 7.06. The summed E-state index contributed by atoms with van der Waals surface area (Å²) in [5.74, 6) is 0.0225. The number of hydrogen-bond acceptors (Lipinski definition) is 8. The van der Waals surface area contributed by atoms with E-state index in [1.54, 1.807) is 7.05 Å². The zero-order chi connectivity index (χ0) is 24.0.